The van der Waals surface area contributed by atoms with E-state index < -0.39 is 5.97 Å². The lowest BCUT2D eigenvalue weighted by molar-refractivity contribution is 0.0689. The van der Waals surface area contributed by atoms with Gasteiger partial charge in [0.2, 0.25) is 5.88 Å². The Bertz CT molecular complexity index is 614. The standard InChI is InChI=1S/C13H13N3O3/c1-3-9-11(5-4-8(2)15-9)19-12-7-14-6-10(16-12)13(17)18/h4-7H,3H2,1-2H3,(H,17,18). The van der Waals surface area contributed by atoms with E-state index in [1.54, 1.807) is 6.07 Å². The second kappa shape index (κ2) is 5.43. The van der Waals surface area contributed by atoms with Gasteiger partial charge in [0, 0.05) is 5.69 Å². The summed E-state index contributed by atoms with van der Waals surface area (Å²) in [5.41, 5.74) is 1.53. The van der Waals surface area contributed by atoms with Crippen LogP contribution in [-0.4, -0.2) is 26.0 Å². The van der Waals surface area contributed by atoms with Gasteiger partial charge in [0.25, 0.3) is 0 Å². The molecule has 2 heterocycles. The number of ether oxygens (including phenoxy) is 1. The molecule has 0 aromatic carbocycles. The molecule has 6 heteroatoms. The Morgan fingerprint density at radius 2 is 2.11 bits per heavy atom. The molecule has 2 rings (SSSR count). The van der Waals surface area contributed by atoms with Gasteiger partial charge >= 0.3 is 5.97 Å². The predicted octanol–water partition coefficient (Wildman–Crippen LogP) is 2.23. The molecule has 0 aliphatic carbocycles. The number of hydrogen-bond acceptors (Lipinski definition) is 5. The lowest BCUT2D eigenvalue weighted by Gasteiger charge is -2.09. The van der Waals surface area contributed by atoms with Crippen molar-refractivity contribution >= 4 is 5.97 Å². The maximum absolute atomic E-state index is 10.8. The van der Waals surface area contributed by atoms with Crippen molar-refractivity contribution < 1.29 is 14.6 Å². The zero-order chi connectivity index (χ0) is 13.8. The van der Waals surface area contributed by atoms with Crippen LogP contribution in [0, 0.1) is 6.92 Å². The van der Waals surface area contributed by atoms with E-state index in [1.165, 1.54) is 12.4 Å². The van der Waals surface area contributed by atoms with Crippen LogP contribution in [0.15, 0.2) is 24.5 Å². The highest BCUT2D eigenvalue weighted by molar-refractivity contribution is 5.84. The summed E-state index contributed by atoms with van der Waals surface area (Å²) < 4.78 is 5.55. The zero-order valence-corrected chi connectivity index (χ0v) is 10.6. The van der Waals surface area contributed by atoms with Crippen LogP contribution in [0.25, 0.3) is 0 Å². The number of carbonyl (C=O) groups is 1. The molecule has 0 radical (unpaired) electrons. The van der Waals surface area contributed by atoms with Crippen molar-refractivity contribution in [2.45, 2.75) is 20.3 Å². The SMILES string of the molecule is CCc1nc(C)ccc1Oc1cncc(C(=O)O)n1. The Hall–Kier alpha value is -2.50. The number of pyridine rings is 1. The fraction of sp³-hybridized carbons (Fsp3) is 0.231. The van der Waals surface area contributed by atoms with Crippen LogP contribution in [0.1, 0.15) is 28.8 Å². The summed E-state index contributed by atoms with van der Waals surface area (Å²) in [6.07, 6.45) is 3.25. The molecular formula is C13H13N3O3. The van der Waals surface area contributed by atoms with Crippen LogP contribution in [0.2, 0.25) is 0 Å². The predicted molar refractivity (Wildman–Crippen MR) is 67.4 cm³/mol. The molecule has 0 bridgehead atoms. The summed E-state index contributed by atoms with van der Waals surface area (Å²) >= 11 is 0. The third-order valence-corrected chi connectivity index (χ3v) is 2.45. The van der Waals surface area contributed by atoms with Crippen molar-refractivity contribution in [3.05, 3.63) is 41.6 Å². The molecule has 2 aromatic heterocycles. The molecule has 1 N–H and O–H groups in total. The molecule has 0 fully saturated rings. The smallest absolute Gasteiger partial charge is 0.356 e. The Balaban J connectivity index is 2.30. The minimum absolute atomic E-state index is 0.139. The first-order chi connectivity index (χ1) is 9.10. The summed E-state index contributed by atoms with van der Waals surface area (Å²) in [4.78, 5) is 22.8. The van der Waals surface area contributed by atoms with E-state index in [1.807, 2.05) is 19.9 Å². The first-order valence-electron chi connectivity index (χ1n) is 5.80. The first kappa shape index (κ1) is 12.9. The third-order valence-electron chi connectivity index (χ3n) is 2.45. The van der Waals surface area contributed by atoms with Crippen LogP contribution in [0.4, 0.5) is 0 Å². The number of carboxylic acid groups (broad SMARTS) is 1. The molecule has 0 atom stereocenters. The maximum Gasteiger partial charge on any atom is 0.356 e. The van der Waals surface area contributed by atoms with E-state index in [2.05, 4.69) is 15.0 Å². The first-order valence-corrected chi connectivity index (χ1v) is 5.80. The van der Waals surface area contributed by atoms with Crippen molar-refractivity contribution in [2.75, 3.05) is 0 Å². The van der Waals surface area contributed by atoms with Crippen LogP contribution in [0.3, 0.4) is 0 Å². The van der Waals surface area contributed by atoms with E-state index in [0.717, 1.165) is 11.4 Å². The van der Waals surface area contributed by atoms with Gasteiger partial charge in [-0.1, -0.05) is 6.92 Å². The Morgan fingerprint density at radius 1 is 1.32 bits per heavy atom. The minimum Gasteiger partial charge on any atom is -0.476 e. The molecule has 98 valence electrons. The number of hydrogen-bond donors (Lipinski definition) is 1. The number of rotatable bonds is 4. The molecule has 0 unspecified atom stereocenters. The number of carboxylic acids is 1. The lowest BCUT2D eigenvalue weighted by atomic mass is 10.2. The van der Waals surface area contributed by atoms with Crippen molar-refractivity contribution in [1.29, 1.82) is 0 Å². The van der Waals surface area contributed by atoms with Gasteiger partial charge < -0.3 is 9.84 Å². The fourth-order valence-electron chi connectivity index (χ4n) is 1.56. The van der Waals surface area contributed by atoms with Gasteiger partial charge in [0.15, 0.2) is 11.4 Å². The molecule has 0 amide bonds. The third kappa shape index (κ3) is 3.04. The summed E-state index contributed by atoms with van der Waals surface area (Å²) in [7, 11) is 0. The normalized spacial score (nSPS) is 10.2. The molecule has 0 saturated heterocycles. The molecule has 6 nitrogen and oxygen atoms in total. The number of aromatic carboxylic acids is 1. The minimum atomic E-state index is -1.14. The second-order valence-electron chi connectivity index (χ2n) is 3.90. The van der Waals surface area contributed by atoms with Gasteiger partial charge in [-0.15, -0.1) is 0 Å². The largest absolute Gasteiger partial charge is 0.476 e. The van der Waals surface area contributed by atoms with Gasteiger partial charge in [0.05, 0.1) is 18.1 Å². The van der Waals surface area contributed by atoms with Gasteiger partial charge in [-0.3, -0.25) is 9.97 Å². The molecule has 0 aliphatic rings. The van der Waals surface area contributed by atoms with Gasteiger partial charge in [0.1, 0.15) is 0 Å². The average molecular weight is 259 g/mol. The summed E-state index contributed by atoms with van der Waals surface area (Å²) in [5.74, 6) is -0.444. The summed E-state index contributed by atoms with van der Waals surface area (Å²) in [6, 6.07) is 3.61. The van der Waals surface area contributed by atoms with E-state index in [9.17, 15) is 4.79 Å². The van der Waals surface area contributed by atoms with Crippen molar-refractivity contribution in [2.24, 2.45) is 0 Å². The Kier molecular flexibility index (Phi) is 3.70. The highest BCUT2D eigenvalue weighted by atomic mass is 16.5. The number of aromatic nitrogens is 3. The van der Waals surface area contributed by atoms with Crippen molar-refractivity contribution in [3.63, 3.8) is 0 Å². The van der Waals surface area contributed by atoms with Crippen molar-refractivity contribution in [1.82, 2.24) is 15.0 Å². The number of aryl methyl sites for hydroxylation is 2. The van der Waals surface area contributed by atoms with Crippen LogP contribution in [-0.2, 0) is 6.42 Å². The van der Waals surface area contributed by atoms with Crippen LogP contribution < -0.4 is 4.74 Å². The van der Waals surface area contributed by atoms with Gasteiger partial charge in [-0.05, 0) is 25.5 Å². The van der Waals surface area contributed by atoms with Crippen LogP contribution >= 0.6 is 0 Å². The lowest BCUT2D eigenvalue weighted by Crippen LogP contribution is -2.03. The topological polar surface area (TPSA) is 85.2 Å². The fourth-order valence-corrected chi connectivity index (χ4v) is 1.56. The van der Waals surface area contributed by atoms with E-state index in [4.69, 9.17) is 9.84 Å². The molecule has 0 spiro atoms. The quantitative estimate of drug-likeness (QED) is 0.906. The van der Waals surface area contributed by atoms with E-state index in [0.29, 0.717) is 12.2 Å². The van der Waals surface area contributed by atoms with E-state index >= 15 is 0 Å². The highest BCUT2D eigenvalue weighted by Crippen LogP contribution is 2.23. The van der Waals surface area contributed by atoms with E-state index in [-0.39, 0.29) is 11.6 Å². The summed E-state index contributed by atoms with van der Waals surface area (Å²) in [6.45, 7) is 3.86. The molecule has 0 saturated carbocycles. The molecular weight excluding hydrogens is 246 g/mol. The Morgan fingerprint density at radius 3 is 2.79 bits per heavy atom. The van der Waals surface area contributed by atoms with Crippen LogP contribution in [0.5, 0.6) is 11.6 Å². The molecule has 2 aromatic rings. The number of nitrogens with zero attached hydrogens (tertiary/aromatic N) is 3. The van der Waals surface area contributed by atoms with Gasteiger partial charge in [-0.2, -0.15) is 0 Å². The van der Waals surface area contributed by atoms with Gasteiger partial charge in [-0.25, -0.2) is 9.78 Å². The average Bonchev–Trinajstić information content (AvgIpc) is 2.41. The highest BCUT2D eigenvalue weighted by Gasteiger charge is 2.10. The molecule has 19 heavy (non-hydrogen) atoms. The zero-order valence-electron chi connectivity index (χ0n) is 10.6. The monoisotopic (exact) mass is 259 g/mol. The maximum atomic E-state index is 10.8. The van der Waals surface area contributed by atoms with Crippen molar-refractivity contribution in [3.8, 4) is 11.6 Å². The summed E-state index contributed by atoms with van der Waals surface area (Å²) in [5, 5.41) is 8.84. The Labute approximate surface area is 110 Å². The molecule has 0 aliphatic heterocycles. The second-order valence-corrected chi connectivity index (χ2v) is 3.90.